The van der Waals surface area contributed by atoms with E-state index in [1.54, 1.807) is 0 Å². The number of halogens is 1. The molecular formula is C26H32ClN5O. The minimum Gasteiger partial charge on any atom is -0.368 e. The van der Waals surface area contributed by atoms with Crippen LogP contribution in [-0.2, 0) is 17.9 Å². The fraction of sp³-hybridized carbons (Fsp3) is 0.462. The molecule has 33 heavy (non-hydrogen) atoms. The van der Waals surface area contributed by atoms with Gasteiger partial charge in [-0.15, -0.1) is 0 Å². The van der Waals surface area contributed by atoms with Crippen LogP contribution in [0.15, 0.2) is 48.5 Å². The van der Waals surface area contributed by atoms with Crippen LogP contribution in [0, 0.1) is 5.92 Å². The molecule has 0 N–H and O–H groups in total. The lowest BCUT2D eigenvalue weighted by atomic mass is 9.95. The van der Waals surface area contributed by atoms with E-state index in [9.17, 15) is 4.79 Å². The second-order valence-corrected chi connectivity index (χ2v) is 9.54. The van der Waals surface area contributed by atoms with E-state index in [4.69, 9.17) is 16.6 Å². The zero-order valence-corrected chi connectivity index (χ0v) is 20.0. The Morgan fingerprint density at radius 3 is 2.36 bits per heavy atom. The molecule has 7 heteroatoms. The number of fused-ring (bicyclic) bond motifs is 1. The third kappa shape index (κ3) is 4.73. The molecule has 0 bridgehead atoms. The number of amides is 1. The van der Waals surface area contributed by atoms with Crippen LogP contribution in [0.5, 0.6) is 0 Å². The molecule has 3 heterocycles. The zero-order chi connectivity index (χ0) is 22.8. The van der Waals surface area contributed by atoms with Crippen molar-refractivity contribution in [3.8, 4) is 0 Å². The van der Waals surface area contributed by atoms with E-state index in [-0.39, 0.29) is 5.92 Å². The molecule has 0 atom stereocenters. The van der Waals surface area contributed by atoms with Gasteiger partial charge in [0.2, 0.25) is 5.91 Å². The maximum absolute atomic E-state index is 13.2. The summed E-state index contributed by atoms with van der Waals surface area (Å²) in [6.07, 6.45) is 1.87. The Hall–Kier alpha value is -2.57. The number of hydrogen-bond acceptors (Lipinski definition) is 4. The smallest absolute Gasteiger partial charge is 0.225 e. The van der Waals surface area contributed by atoms with E-state index in [1.165, 1.54) is 11.2 Å². The number of imidazole rings is 1. The number of para-hydroxylation sites is 2. The normalized spacial score (nSPS) is 18.2. The van der Waals surface area contributed by atoms with Gasteiger partial charge in [0, 0.05) is 49.4 Å². The number of piperidine rings is 1. The molecule has 2 aliphatic rings. The number of anilines is 1. The maximum Gasteiger partial charge on any atom is 0.225 e. The Bertz CT molecular complexity index is 1100. The number of carbonyl (C=O) groups excluding carboxylic acids is 1. The second-order valence-electron chi connectivity index (χ2n) is 9.10. The lowest BCUT2D eigenvalue weighted by molar-refractivity contribution is -0.137. The number of aryl methyl sites for hydroxylation is 1. The molecule has 0 saturated carbocycles. The van der Waals surface area contributed by atoms with Crippen LogP contribution in [0.25, 0.3) is 11.0 Å². The maximum atomic E-state index is 13.2. The molecule has 6 nitrogen and oxygen atoms in total. The Balaban J connectivity index is 1.13. The lowest BCUT2D eigenvalue weighted by Gasteiger charge is -2.39. The predicted octanol–water partition coefficient (Wildman–Crippen LogP) is 4.27. The predicted molar refractivity (Wildman–Crippen MR) is 134 cm³/mol. The Morgan fingerprint density at radius 2 is 1.67 bits per heavy atom. The monoisotopic (exact) mass is 465 g/mol. The van der Waals surface area contributed by atoms with Crippen molar-refractivity contribution in [2.24, 2.45) is 5.92 Å². The number of benzene rings is 2. The number of likely N-dealkylation sites (tertiary alicyclic amines) is 1. The van der Waals surface area contributed by atoms with E-state index < -0.39 is 0 Å². The second kappa shape index (κ2) is 9.74. The van der Waals surface area contributed by atoms with Gasteiger partial charge in [-0.25, -0.2) is 4.98 Å². The van der Waals surface area contributed by atoms with E-state index in [2.05, 4.69) is 56.5 Å². The SMILES string of the molecule is CCn1c(CN2CCC(C(=O)N3CCN(c4ccc(Cl)cc4)CC3)CC2)nc2ccccc21. The van der Waals surface area contributed by atoms with Crippen LogP contribution >= 0.6 is 11.6 Å². The molecule has 0 spiro atoms. The van der Waals surface area contributed by atoms with Crippen LogP contribution in [0.3, 0.4) is 0 Å². The molecule has 1 amide bonds. The van der Waals surface area contributed by atoms with Crippen LogP contribution < -0.4 is 4.90 Å². The van der Waals surface area contributed by atoms with Gasteiger partial charge >= 0.3 is 0 Å². The van der Waals surface area contributed by atoms with Gasteiger partial charge in [0.25, 0.3) is 0 Å². The molecule has 174 valence electrons. The molecule has 1 aromatic heterocycles. The first kappa shape index (κ1) is 22.2. The summed E-state index contributed by atoms with van der Waals surface area (Å²) in [5.74, 6) is 1.61. The van der Waals surface area contributed by atoms with Crippen molar-refractivity contribution in [3.05, 3.63) is 59.4 Å². The van der Waals surface area contributed by atoms with Crippen molar-refractivity contribution in [1.29, 1.82) is 0 Å². The summed E-state index contributed by atoms with van der Waals surface area (Å²) >= 11 is 6.01. The van der Waals surface area contributed by atoms with E-state index in [0.29, 0.717) is 5.91 Å². The van der Waals surface area contributed by atoms with Crippen LogP contribution in [0.2, 0.25) is 5.02 Å². The first-order valence-corrected chi connectivity index (χ1v) is 12.5. The number of rotatable bonds is 5. The van der Waals surface area contributed by atoms with Crippen LogP contribution in [0.4, 0.5) is 5.69 Å². The molecule has 2 fully saturated rings. The number of carbonyl (C=O) groups is 1. The van der Waals surface area contributed by atoms with Gasteiger partial charge in [-0.2, -0.15) is 0 Å². The Morgan fingerprint density at radius 1 is 0.970 bits per heavy atom. The molecule has 3 aromatic rings. The topological polar surface area (TPSA) is 44.6 Å². The minimum absolute atomic E-state index is 0.147. The molecule has 5 rings (SSSR count). The third-order valence-corrected chi connectivity index (χ3v) is 7.39. The molecule has 0 unspecified atom stereocenters. The van der Waals surface area contributed by atoms with E-state index in [1.807, 2.05) is 18.2 Å². The summed E-state index contributed by atoms with van der Waals surface area (Å²) in [6.45, 7) is 9.19. The highest BCUT2D eigenvalue weighted by Gasteiger charge is 2.31. The van der Waals surface area contributed by atoms with Gasteiger partial charge < -0.3 is 14.4 Å². The molecule has 0 radical (unpaired) electrons. The zero-order valence-electron chi connectivity index (χ0n) is 19.3. The van der Waals surface area contributed by atoms with Crippen molar-refractivity contribution in [3.63, 3.8) is 0 Å². The van der Waals surface area contributed by atoms with Crippen molar-refractivity contribution < 1.29 is 4.79 Å². The lowest BCUT2D eigenvalue weighted by Crippen LogP contribution is -2.51. The van der Waals surface area contributed by atoms with E-state index in [0.717, 1.165) is 81.6 Å². The van der Waals surface area contributed by atoms with Crippen LogP contribution in [-0.4, -0.2) is 64.5 Å². The van der Waals surface area contributed by atoms with Gasteiger partial charge in [0.1, 0.15) is 5.82 Å². The van der Waals surface area contributed by atoms with Crippen LogP contribution in [0.1, 0.15) is 25.6 Å². The summed E-state index contributed by atoms with van der Waals surface area (Å²) in [5.41, 5.74) is 3.45. The Labute approximate surface area is 200 Å². The highest BCUT2D eigenvalue weighted by Crippen LogP contribution is 2.25. The largest absolute Gasteiger partial charge is 0.368 e. The summed E-state index contributed by atoms with van der Waals surface area (Å²) < 4.78 is 2.31. The van der Waals surface area contributed by atoms with Crippen molar-refractivity contribution >= 4 is 34.2 Å². The minimum atomic E-state index is 0.147. The first-order chi connectivity index (χ1) is 16.1. The Kier molecular flexibility index (Phi) is 6.56. The molecule has 2 aromatic carbocycles. The average molecular weight is 466 g/mol. The summed E-state index contributed by atoms with van der Waals surface area (Å²) in [7, 11) is 0. The number of piperazine rings is 1. The summed E-state index contributed by atoms with van der Waals surface area (Å²) in [4.78, 5) is 24.9. The number of hydrogen-bond donors (Lipinski definition) is 0. The molecule has 2 aliphatic heterocycles. The number of nitrogens with zero attached hydrogens (tertiary/aromatic N) is 5. The van der Waals surface area contributed by atoms with Gasteiger partial charge in [0.15, 0.2) is 0 Å². The highest BCUT2D eigenvalue weighted by atomic mass is 35.5. The molecular weight excluding hydrogens is 434 g/mol. The third-order valence-electron chi connectivity index (χ3n) is 7.13. The average Bonchev–Trinajstić information content (AvgIpc) is 3.21. The first-order valence-electron chi connectivity index (χ1n) is 12.1. The van der Waals surface area contributed by atoms with Gasteiger partial charge in [-0.05, 0) is 69.3 Å². The summed E-state index contributed by atoms with van der Waals surface area (Å²) in [6, 6.07) is 16.3. The standard InChI is InChI=1S/C26H32ClN5O/c1-2-32-24-6-4-3-5-23(24)28-25(32)19-29-13-11-20(12-14-29)26(33)31-17-15-30(16-18-31)22-9-7-21(27)8-10-22/h3-10,20H,2,11-19H2,1H3. The van der Waals surface area contributed by atoms with Gasteiger partial charge in [0.05, 0.1) is 17.6 Å². The highest BCUT2D eigenvalue weighted by molar-refractivity contribution is 6.30. The molecule has 0 aliphatic carbocycles. The fourth-order valence-corrected chi connectivity index (χ4v) is 5.36. The van der Waals surface area contributed by atoms with Gasteiger partial charge in [-0.1, -0.05) is 23.7 Å². The van der Waals surface area contributed by atoms with Crippen molar-refractivity contribution in [1.82, 2.24) is 19.4 Å². The summed E-state index contributed by atoms with van der Waals surface area (Å²) in [5, 5.41) is 0.755. The van der Waals surface area contributed by atoms with Crippen molar-refractivity contribution in [2.45, 2.75) is 32.9 Å². The van der Waals surface area contributed by atoms with E-state index >= 15 is 0 Å². The number of aromatic nitrogens is 2. The molecule has 2 saturated heterocycles. The quantitative estimate of drug-likeness (QED) is 0.564. The van der Waals surface area contributed by atoms with Crippen molar-refractivity contribution in [2.75, 3.05) is 44.2 Å². The fourth-order valence-electron chi connectivity index (χ4n) is 5.23. The van der Waals surface area contributed by atoms with Gasteiger partial charge in [-0.3, -0.25) is 9.69 Å².